The molecule has 0 bridgehead atoms. The highest BCUT2D eigenvalue weighted by atomic mass is 16.4. The molecule has 20 heavy (non-hydrogen) atoms. The summed E-state index contributed by atoms with van der Waals surface area (Å²) in [7, 11) is 0. The van der Waals surface area contributed by atoms with Crippen LogP contribution in [-0.4, -0.2) is 41.6 Å². The van der Waals surface area contributed by atoms with Crippen molar-refractivity contribution in [1.82, 2.24) is 4.90 Å². The number of carboxylic acid groups (broad SMARTS) is 1. The maximum atomic E-state index is 12.4. The Labute approximate surface area is 117 Å². The van der Waals surface area contributed by atoms with Gasteiger partial charge in [-0.25, -0.2) is 4.79 Å². The molecule has 0 radical (unpaired) electrons. The molecular formula is C14H17N3O3. The Morgan fingerprint density at radius 3 is 2.45 bits per heavy atom. The molecule has 0 unspecified atom stereocenters. The van der Waals surface area contributed by atoms with Gasteiger partial charge in [-0.05, 0) is 19.1 Å². The number of hydrogen-bond acceptors (Lipinski definition) is 3. The van der Waals surface area contributed by atoms with E-state index >= 15 is 0 Å². The fraction of sp³-hybridized carbons (Fsp3) is 0.357. The van der Waals surface area contributed by atoms with E-state index in [4.69, 9.17) is 10.4 Å². The highest BCUT2D eigenvalue weighted by molar-refractivity contribution is 5.96. The number of para-hydroxylation sites is 1. The van der Waals surface area contributed by atoms with Crippen LogP contribution in [0.25, 0.3) is 0 Å². The number of aliphatic carboxylic acids is 1. The van der Waals surface area contributed by atoms with Crippen LogP contribution in [0, 0.1) is 11.3 Å². The smallest absolute Gasteiger partial charge is 0.325 e. The first-order chi connectivity index (χ1) is 9.60. The predicted molar refractivity (Wildman–Crippen MR) is 74.3 cm³/mol. The summed E-state index contributed by atoms with van der Waals surface area (Å²) in [6.07, 6.45) is 0.218. The normalized spacial score (nSPS) is 9.60. The number of nitriles is 1. The number of nitrogens with zero attached hydrogens (tertiary/aromatic N) is 3. The highest BCUT2D eigenvalue weighted by Crippen LogP contribution is 2.15. The van der Waals surface area contributed by atoms with E-state index in [1.54, 1.807) is 37.3 Å². The van der Waals surface area contributed by atoms with Crippen LogP contribution in [0.2, 0.25) is 0 Å². The van der Waals surface area contributed by atoms with Gasteiger partial charge in [0.2, 0.25) is 0 Å². The van der Waals surface area contributed by atoms with Crippen LogP contribution < -0.4 is 4.90 Å². The third kappa shape index (κ3) is 4.28. The minimum absolute atomic E-state index is 0.218. The van der Waals surface area contributed by atoms with Gasteiger partial charge in [-0.1, -0.05) is 18.2 Å². The molecular weight excluding hydrogens is 258 g/mol. The van der Waals surface area contributed by atoms with Gasteiger partial charge in [-0.3, -0.25) is 9.69 Å². The largest absolute Gasteiger partial charge is 0.480 e. The first kappa shape index (κ1) is 15.5. The first-order valence-corrected chi connectivity index (χ1v) is 6.30. The lowest BCUT2D eigenvalue weighted by Crippen LogP contribution is -2.46. The van der Waals surface area contributed by atoms with Crippen molar-refractivity contribution in [3.63, 3.8) is 0 Å². The molecule has 0 aliphatic carbocycles. The van der Waals surface area contributed by atoms with Crippen LogP contribution >= 0.6 is 0 Å². The number of urea groups is 1. The van der Waals surface area contributed by atoms with E-state index in [2.05, 4.69) is 0 Å². The van der Waals surface area contributed by atoms with Gasteiger partial charge in [-0.15, -0.1) is 0 Å². The van der Waals surface area contributed by atoms with Crippen molar-refractivity contribution >= 4 is 17.7 Å². The van der Waals surface area contributed by atoms with E-state index in [0.717, 1.165) is 0 Å². The van der Waals surface area contributed by atoms with E-state index in [0.29, 0.717) is 12.2 Å². The molecule has 0 atom stereocenters. The summed E-state index contributed by atoms with van der Waals surface area (Å²) in [6.45, 7) is 2.09. The van der Waals surface area contributed by atoms with E-state index in [-0.39, 0.29) is 13.0 Å². The average molecular weight is 275 g/mol. The molecule has 0 aliphatic rings. The zero-order valence-electron chi connectivity index (χ0n) is 11.3. The Morgan fingerprint density at radius 2 is 1.95 bits per heavy atom. The predicted octanol–water partition coefficient (Wildman–Crippen LogP) is 1.93. The fourth-order valence-electron chi connectivity index (χ4n) is 1.76. The number of anilines is 1. The molecule has 0 aliphatic heterocycles. The van der Waals surface area contributed by atoms with Gasteiger partial charge in [0.15, 0.2) is 0 Å². The van der Waals surface area contributed by atoms with E-state index < -0.39 is 18.5 Å². The molecule has 0 saturated heterocycles. The second-order valence-corrected chi connectivity index (χ2v) is 4.09. The Bertz CT molecular complexity index is 496. The number of carbonyl (C=O) groups is 2. The molecule has 0 saturated carbocycles. The second kappa shape index (κ2) is 7.79. The van der Waals surface area contributed by atoms with Gasteiger partial charge < -0.3 is 10.0 Å². The Balaban J connectivity index is 2.95. The first-order valence-electron chi connectivity index (χ1n) is 6.30. The van der Waals surface area contributed by atoms with Crippen LogP contribution in [-0.2, 0) is 4.79 Å². The van der Waals surface area contributed by atoms with Crippen molar-refractivity contribution in [2.24, 2.45) is 0 Å². The van der Waals surface area contributed by atoms with E-state index in [1.807, 2.05) is 6.07 Å². The summed E-state index contributed by atoms with van der Waals surface area (Å²) in [5.41, 5.74) is 0.523. The number of amides is 2. The lowest BCUT2D eigenvalue weighted by Gasteiger charge is -2.28. The van der Waals surface area contributed by atoms with Crippen molar-refractivity contribution in [2.75, 3.05) is 24.5 Å². The standard InChI is InChI=1S/C14H17N3O3/c1-2-16(10-6-9-15)14(20)17(11-13(18)19)12-7-4-3-5-8-12/h3-5,7-8H,2,6,10-11H2,1H3,(H,18,19). The molecule has 1 rings (SSSR count). The molecule has 6 heteroatoms. The molecule has 1 N–H and O–H groups in total. The molecule has 0 spiro atoms. The summed E-state index contributed by atoms with van der Waals surface area (Å²) < 4.78 is 0. The quantitative estimate of drug-likeness (QED) is 0.859. The molecule has 6 nitrogen and oxygen atoms in total. The van der Waals surface area contributed by atoms with Gasteiger partial charge in [-0.2, -0.15) is 5.26 Å². The number of carboxylic acids is 1. The molecule has 0 fully saturated rings. The van der Waals surface area contributed by atoms with E-state index in [9.17, 15) is 9.59 Å². The van der Waals surface area contributed by atoms with Gasteiger partial charge in [0.05, 0.1) is 12.5 Å². The van der Waals surface area contributed by atoms with Crippen LogP contribution in [0.3, 0.4) is 0 Å². The Kier molecular flexibility index (Phi) is 6.04. The third-order valence-corrected chi connectivity index (χ3v) is 2.74. The van der Waals surface area contributed by atoms with E-state index in [1.165, 1.54) is 9.80 Å². The molecule has 0 heterocycles. The monoisotopic (exact) mass is 275 g/mol. The summed E-state index contributed by atoms with van der Waals surface area (Å²) in [5.74, 6) is -1.08. The van der Waals surface area contributed by atoms with Gasteiger partial charge in [0.25, 0.3) is 0 Å². The molecule has 1 aromatic carbocycles. The number of benzene rings is 1. The summed E-state index contributed by atoms with van der Waals surface area (Å²) in [5, 5.41) is 17.6. The van der Waals surface area contributed by atoms with Crippen LogP contribution in [0.4, 0.5) is 10.5 Å². The number of hydrogen-bond donors (Lipinski definition) is 1. The van der Waals surface area contributed by atoms with Crippen molar-refractivity contribution in [3.8, 4) is 6.07 Å². The number of rotatable bonds is 6. The van der Waals surface area contributed by atoms with Crippen LogP contribution in [0.5, 0.6) is 0 Å². The number of carbonyl (C=O) groups excluding carboxylic acids is 1. The summed E-state index contributed by atoms with van der Waals surface area (Å²) in [4.78, 5) is 26.0. The molecule has 2 amide bonds. The summed E-state index contributed by atoms with van der Waals surface area (Å²) >= 11 is 0. The molecule has 1 aromatic rings. The maximum absolute atomic E-state index is 12.4. The Hall–Kier alpha value is -2.55. The van der Waals surface area contributed by atoms with Crippen molar-refractivity contribution in [2.45, 2.75) is 13.3 Å². The minimum atomic E-state index is -1.08. The fourth-order valence-corrected chi connectivity index (χ4v) is 1.76. The van der Waals surface area contributed by atoms with Crippen molar-refractivity contribution < 1.29 is 14.7 Å². The maximum Gasteiger partial charge on any atom is 0.325 e. The lowest BCUT2D eigenvalue weighted by molar-refractivity contribution is -0.135. The zero-order valence-corrected chi connectivity index (χ0v) is 11.3. The van der Waals surface area contributed by atoms with Crippen molar-refractivity contribution in [1.29, 1.82) is 5.26 Å². The Morgan fingerprint density at radius 1 is 1.30 bits per heavy atom. The van der Waals surface area contributed by atoms with Gasteiger partial charge in [0, 0.05) is 18.8 Å². The van der Waals surface area contributed by atoms with Gasteiger partial charge in [0.1, 0.15) is 6.54 Å². The summed E-state index contributed by atoms with van der Waals surface area (Å²) in [6, 6.07) is 10.2. The third-order valence-electron chi connectivity index (χ3n) is 2.74. The molecule has 106 valence electrons. The van der Waals surface area contributed by atoms with Crippen molar-refractivity contribution in [3.05, 3.63) is 30.3 Å². The topological polar surface area (TPSA) is 84.6 Å². The minimum Gasteiger partial charge on any atom is -0.480 e. The van der Waals surface area contributed by atoms with Crippen LogP contribution in [0.15, 0.2) is 30.3 Å². The highest BCUT2D eigenvalue weighted by Gasteiger charge is 2.23. The van der Waals surface area contributed by atoms with Crippen LogP contribution in [0.1, 0.15) is 13.3 Å². The molecule has 0 aromatic heterocycles. The SMILES string of the molecule is CCN(CCC#N)C(=O)N(CC(=O)O)c1ccccc1. The second-order valence-electron chi connectivity index (χ2n) is 4.09. The lowest BCUT2D eigenvalue weighted by atomic mass is 10.3. The zero-order chi connectivity index (χ0) is 15.0. The van der Waals surface area contributed by atoms with Gasteiger partial charge >= 0.3 is 12.0 Å². The average Bonchev–Trinajstić information content (AvgIpc) is 2.46.